The van der Waals surface area contributed by atoms with Gasteiger partial charge in [-0.05, 0) is 43.6 Å². The summed E-state index contributed by atoms with van der Waals surface area (Å²) < 4.78 is 0. The summed E-state index contributed by atoms with van der Waals surface area (Å²) in [5.74, 6) is -0.279. The predicted octanol–water partition coefficient (Wildman–Crippen LogP) is 0.555. The molecule has 0 amide bonds. The van der Waals surface area contributed by atoms with Crippen LogP contribution in [0.15, 0.2) is 0 Å². The zero-order chi connectivity index (χ0) is 10.9. The van der Waals surface area contributed by atoms with E-state index >= 15 is 0 Å². The number of nitrogens with zero attached hydrogens (tertiary/aromatic N) is 1. The first kappa shape index (κ1) is 10.9. The molecule has 0 aromatic rings. The first-order valence-electron chi connectivity index (χ1n) is 5.69. The Hall–Kier alpha value is -0.610. The van der Waals surface area contributed by atoms with Crippen molar-refractivity contribution in [1.29, 1.82) is 0 Å². The number of aliphatic hydroxyl groups excluding tert-OH is 1. The number of hydrogen-bond acceptors (Lipinski definition) is 3. The van der Waals surface area contributed by atoms with E-state index in [9.17, 15) is 4.79 Å². The van der Waals surface area contributed by atoms with Crippen LogP contribution < -0.4 is 0 Å². The van der Waals surface area contributed by atoms with Gasteiger partial charge in [0.2, 0.25) is 0 Å². The Kier molecular flexibility index (Phi) is 2.98. The van der Waals surface area contributed by atoms with Crippen molar-refractivity contribution in [2.75, 3.05) is 26.2 Å². The molecule has 2 fully saturated rings. The van der Waals surface area contributed by atoms with Gasteiger partial charge >= 0.3 is 5.97 Å². The van der Waals surface area contributed by atoms with Crippen LogP contribution in [0.4, 0.5) is 0 Å². The number of carboxylic acids is 1. The van der Waals surface area contributed by atoms with Gasteiger partial charge in [-0.25, -0.2) is 0 Å². The number of rotatable bonds is 3. The molecule has 86 valence electrons. The lowest BCUT2D eigenvalue weighted by atomic mass is 9.84. The molecule has 2 N–H and O–H groups in total. The molecule has 0 aromatic heterocycles. The summed E-state index contributed by atoms with van der Waals surface area (Å²) >= 11 is 0. The monoisotopic (exact) mass is 213 g/mol. The third kappa shape index (κ3) is 2.32. The Labute approximate surface area is 89.9 Å². The van der Waals surface area contributed by atoms with Gasteiger partial charge in [0.1, 0.15) is 0 Å². The topological polar surface area (TPSA) is 60.8 Å². The van der Waals surface area contributed by atoms with E-state index in [1.165, 1.54) is 0 Å². The number of carbonyl (C=O) groups is 1. The molecule has 2 atom stereocenters. The van der Waals surface area contributed by atoms with Gasteiger partial charge < -0.3 is 10.2 Å². The van der Waals surface area contributed by atoms with Crippen molar-refractivity contribution >= 4 is 5.97 Å². The highest BCUT2D eigenvalue weighted by Gasteiger charge is 2.43. The van der Waals surface area contributed by atoms with E-state index in [1.807, 2.05) is 4.90 Å². The van der Waals surface area contributed by atoms with Crippen molar-refractivity contribution in [1.82, 2.24) is 4.90 Å². The smallest absolute Gasteiger partial charge is 0.317 e. The van der Waals surface area contributed by atoms with Crippen LogP contribution >= 0.6 is 0 Å². The molecule has 1 spiro atoms. The average Bonchev–Trinajstić information content (AvgIpc) is 2.74. The maximum atomic E-state index is 10.6. The second-order valence-corrected chi connectivity index (χ2v) is 5.15. The quantitative estimate of drug-likeness (QED) is 0.719. The van der Waals surface area contributed by atoms with E-state index in [0.717, 1.165) is 38.8 Å². The number of aliphatic carboxylic acids is 1. The highest BCUT2D eigenvalue weighted by Crippen LogP contribution is 2.47. The van der Waals surface area contributed by atoms with Crippen LogP contribution in [0, 0.1) is 11.3 Å². The average molecular weight is 213 g/mol. The molecule has 0 radical (unpaired) electrons. The fraction of sp³-hybridized carbons (Fsp3) is 0.909. The molecule has 4 heteroatoms. The number of hydrogen-bond donors (Lipinski definition) is 2. The predicted molar refractivity (Wildman–Crippen MR) is 55.6 cm³/mol. The maximum absolute atomic E-state index is 10.6. The molecule has 4 nitrogen and oxygen atoms in total. The Morgan fingerprint density at radius 1 is 1.47 bits per heavy atom. The number of carboxylic acid groups (broad SMARTS) is 1. The molecule has 0 aromatic carbocycles. The third-order valence-corrected chi connectivity index (χ3v) is 3.94. The molecular weight excluding hydrogens is 194 g/mol. The van der Waals surface area contributed by atoms with Crippen LogP contribution in [0.5, 0.6) is 0 Å². The summed E-state index contributed by atoms with van der Waals surface area (Å²) in [6.45, 7) is 2.28. The van der Waals surface area contributed by atoms with Crippen molar-refractivity contribution in [2.45, 2.75) is 25.7 Å². The molecule has 1 saturated carbocycles. The normalized spacial score (nSPS) is 36.5. The highest BCUT2D eigenvalue weighted by molar-refractivity contribution is 5.69. The van der Waals surface area contributed by atoms with Gasteiger partial charge in [0.15, 0.2) is 0 Å². The standard InChI is InChI=1S/C11H19NO3/c13-7-9-1-2-11(5-9)3-4-12(8-11)6-10(14)15/h9,13H,1-8H2,(H,14,15)/t9-,11-/m1/s1. The van der Waals surface area contributed by atoms with Gasteiger partial charge in [-0.2, -0.15) is 0 Å². The lowest BCUT2D eigenvalue weighted by Crippen LogP contribution is -2.30. The van der Waals surface area contributed by atoms with Gasteiger partial charge in [-0.1, -0.05) is 0 Å². The third-order valence-electron chi connectivity index (χ3n) is 3.94. The molecule has 15 heavy (non-hydrogen) atoms. The summed E-state index contributed by atoms with van der Waals surface area (Å²) in [4.78, 5) is 12.6. The molecule has 2 rings (SSSR count). The molecule has 1 heterocycles. The minimum Gasteiger partial charge on any atom is -0.480 e. The molecule has 2 aliphatic rings. The summed E-state index contributed by atoms with van der Waals surface area (Å²) in [5, 5.41) is 17.8. The number of likely N-dealkylation sites (tertiary alicyclic amines) is 1. The first-order valence-corrected chi connectivity index (χ1v) is 5.69. The van der Waals surface area contributed by atoms with Crippen molar-refractivity contribution < 1.29 is 15.0 Å². The first-order chi connectivity index (χ1) is 7.13. The maximum Gasteiger partial charge on any atom is 0.317 e. The van der Waals surface area contributed by atoms with E-state index in [1.54, 1.807) is 0 Å². The van der Waals surface area contributed by atoms with Crippen molar-refractivity contribution in [3.05, 3.63) is 0 Å². The largest absolute Gasteiger partial charge is 0.480 e. The number of aliphatic hydroxyl groups is 1. The molecule has 0 unspecified atom stereocenters. The Bertz CT molecular complexity index is 256. The lowest BCUT2D eigenvalue weighted by molar-refractivity contribution is -0.138. The zero-order valence-corrected chi connectivity index (χ0v) is 8.98. The summed E-state index contributed by atoms with van der Waals surface area (Å²) in [6, 6.07) is 0. The molecule has 0 bridgehead atoms. The van der Waals surface area contributed by atoms with Crippen molar-refractivity contribution in [3.63, 3.8) is 0 Å². The fourth-order valence-electron chi connectivity index (χ4n) is 3.21. The Morgan fingerprint density at radius 2 is 2.27 bits per heavy atom. The minimum absolute atomic E-state index is 0.172. The van der Waals surface area contributed by atoms with Gasteiger partial charge in [0, 0.05) is 13.2 Å². The fourth-order valence-corrected chi connectivity index (χ4v) is 3.21. The van der Waals surface area contributed by atoms with Gasteiger partial charge in [0.05, 0.1) is 6.54 Å². The van der Waals surface area contributed by atoms with E-state index in [4.69, 9.17) is 10.2 Å². The summed E-state index contributed by atoms with van der Waals surface area (Å²) in [5.41, 5.74) is 0.322. The lowest BCUT2D eigenvalue weighted by Gasteiger charge is -2.23. The molecule has 1 saturated heterocycles. The second-order valence-electron chi connectivity index (χ2n) is 5.15. The summed E-state index contributed by atoms with van der Waals surface area (Å²) in [6.07, 6.45) is 4.46. The van der Waals surface area contributed by atoms with E-state index < -0.39 is 5.97 Å². The Morgan fingerprint density at radius 3 is 2.87 bits per heavy atom. The van der Waals surface area contributed by atoms with Crippen LogP contribution in [-0.4, -0.2) is 47.3 Å². The van der Waals surface area contributed by atoms with Crippen molar-refractivity contribution in [2.24, 2.45) is 11.3 Å². The van der Waals surface area contributed by atoms with E-state index in [2.05, 4.69) is 0 Å². The Balaban J connectivity index is 1.89. The highest BCUT2D eigenvalue weighted by atomic mass is 16.4. The van der Waals surface area contributed by atoms with Crippen LogP contribution in [0.1, 0.15) is 25.7 Å². The van der Waals surface area contributed by atoms with Crippen molar-refractivity contribution in [3.8, 4) is 0 Å². The molecule has 1 aliphatic heterocycles. The van der Waals surface area contributed by atoms with Crippen LogP contribution in [0.2, 0.25) is 0 Å². The van der Waals surface area contributed by atoms with Gasteiger partial charge in [-0.3, -0.25) is 9.69 Å². The SMILES string of the molecule is O=C(O)CN1CC[C@@]2(CC[C@@H](CO)C2)C1. The molecular formula is C11H19NO3. The van der Waals surface area contributed by atoms with E-state index in [-0.39, 0.29) is 6.54 Å². The second kappa shape index (κ2) is 4.10. The van der Waals surface area contributed by atoms with Crippen LogP contribution in [0.3, 0.4) is 0 Å². The minimum atomic E-state index is -0.733. The zero-order valence-electron chi connectivity index (χ0n) is 8.98. The van der Waals surface area contributed by atoms with Gasteiger partial charge in [-0.15, -0.1) is 0 Å². The van der Waals surface area contributed by atoms with E-state index in [0.29, 0.717) is 17.9 Å². The van der Waals surface area contributed by atoms with Gasteiger partial charge in [0.25, 0.3) is 0 Å². The van der Waals surface area contributed by atoms with Crippen LogP contribution in [-0.2, 0) is 4.79 Å². The summed E-state index contributed by atoms with van der Waals surface area (Å²) in [7, 11) is 0. The van der Waals surface area contributed by atoms with Crippen LogP contribution in [0.25, 0.3) is 0 Å². The molecule has 1 aliphatic carbocycles.